The Labute approximate surface area is 117 Å². The first-order valence-corrected chi connectivity index (χ1v) is 6.24. The maximum Gasteiger partial charge on any atom is 0.329 e. The summed E-state index contributed by atoms with van der Waals surface area (Å²) < 4.78 is 11.3. The molecule has 1 N–H and O–H groups in total. The highest BCUT2D eigenvalue weighted by molar-refractivity contribution is 9.10. The Kier molecular flexibility index (Phi) is 4.28. The molecule has 7 heteroatoms. The van der Waals surface area contributed by atoms with E-state index in [1.807, 2.05) is 25.1 Å². The molecule has 0 spiro atoms. The first kappa shape index (κ1) is 13.7. The van der Waals surface area contributed by atoms with Crippen LogP contribution in [0.4, 0.5) is 0 Å². The Hall–Kier alpha value is -1.73. The van der Waals surface area contributed by atoms with Gasteiger partial charge < -0.3 is 14.3 Å². The van der Waals surface area contributed by atoms with Gasteiger partial charge in [0.05, 0.1) is 0 Å². The molecule has 0 aliphatic rings. The number of carboxylic acid groups (broad SMARTS) is 1. The fourth-order valence-corrected chi connectivity index (χ4v) is 1.99. The summed E-state index contributed by atoms with van der Waals surface area (Å²) in [6.45, 7) is 1.52. The number of ether oxygens (including phenoxy) is 1. The third kappa shape index (κ3) is 3.62. The molecule has 0 unspecified atom stereocenters. The molecular formula is C12H11BrN2O4. The Balaban J connectivity index is 2.10. The van der Waals surface area contributed by atoms with E-state index in [-0.39, 0.29) is 12.5 Å². The number of nitrogens with zero attached hydrogens (tertiary/aromatic N) is 2. The van der Waals surface area contributed by atoms with Gasteiger partial charge in [-0.05, 0) is 30.7 Å². The number of hydrogen-bond acceptors (Lipinski definition) is 5. The molecule has 0 aliphatic heterocycles. The molecule has 0 atom stereocenters. The van der Waals surface area contributed by atoms with Crippen molar-refractivity contribution in [3.63, 3.8) is 0 Å². The molecule has 2 aromatic rings. The highest BCUT2D eigenvalue weighted by Crippen LogP contribution is 2.25. The minimum Gasteiger partial charge on any atom is -0.480 e. The number of hydrogen-bond donors (Lipinski definition) is 1. The van der Waals surface area contributed by atoms with E-state index in [4.69, 9.17) is 14.3 Å². The normalized spacial score (nSPS) is 10.6. The van der Waals surface area contributed by atoms with E-state index in [2.05, 4.69) is 26.1 Å². The molecule has 2 rings (SSSR count). The smallest absolute Gasteiger partial charge is 0.329 e. The number of halogens is 1. The molecule has 6 nitrogen and oxygen atoms in total. The average Bonchev–Trinajstić information content (AvgIpc) is 2.77. The Morgan fingerprint density at radius 1 is 1.47 bits per heavy atom. The molecule has 0 saturated heterocycles. The SMILES string of the molecule is Cc1cc(Br)ccc1-c1nnc(COCC(=O)O)o1. The second kappa shape index (κ2) is 5.94. The van der Waals surface area contributed by atoms with E-state index in [9.17, 15) is 4.79 Å². The van der Waals surface area contributed by atoms with Crippen molar-refractivity contribution in [3.05, 3.63) is 34.1 Å². The second-order valence-electron chi connectivity index (χ2n) is 3.85. The lowest BCUT2D eigenvalue weighted by atomic mass is 10.1. The van der Waals surface area contributed by atoms with E-state index in [1.54, 1.807) is 0 Å². The van der Waals surface area contributed by atoms with Gasteiger partial charge in [-0.2, -0.15) is 0 Å². The number of aryl methyl sites for hydroxylation is 1. The lowest BCUT2D eigenvalue weighted by Gasteiger charge is -2.01. The number of aliphatic carboxylic acids is 1. The standard InChI is InChI=1S/C12H11BrN2O4/c1-7-4-8(13)2-3-9(7)12-15-14-10(19-12)5-18-6-11(16)17/h2-4H,5-6H2,1H3,(H,16,17). The number of rotatable bonds is 5. The molecule has 100 valence electrons. The third-order valence-electron chi connectivity index (χ3n) is 2.34. The molecule has 0 amide bonds. The van der Waals surface area contributed by atoms with Crippen LogP contribution in [-0.4, -0.2) is 27.9 Å². The van der Waals surface area contributed by atoms with Gasteiger partial charge in [-0.1, -0.05) is 15.9 Å². The zero-order valence-corrected chi connectivity index (χ0v) is 11.7. The Morgan fingerprint density at radius 2 is 2.26 bits per heavy atom. The summed E-state index contributed by atoms with van der Waals surface area (Å²) in [5.74, 6) is -0.402. The van der Waals surface area contributed by atoms with Crippen LogP contribution < -0.4 is 0 Å². The fourth-order valence-electron chi connectivity index (χ4n) is 1.51. The van der Waals surface area contributed by atoms with Gasteiger partial charge in [0.1, 0.15) is 13.2 Å². The quantitative estimate of drug-likeness (QED) is 0.908. The van der Waals surface area contributed by atoms with Gasteiger partial charge in [0.25, 0.3) is 0 Å². The van der Waals surface area contributed by atoms with Gasteiger partial charge in [-0.25, -0.2) is 4.79 Å². The number of benzene rings is 1. The Bertz CT molecular complexity index is 597. The van der Waals surface area contributed by atoms with Crippen LogP contribution >= 0.6 is 15.9 Å². The molecular weight excluding hydrogens is 316 g/mol. The monoisotopic (exact) mass is 326 g/mol. The molecule has 0 aliphatic carbocycles. The van der Waals surface area contributed by atoms with Crippen LogP contribution in [0.15, 0.2) is 27.1 Å². The molecule has 0 fully saturated rings. The molecule has 0 radical (unpaired) electrons. The largest absolute Gasteiger partial charge is 0.480 e. The lowest BCUT2D eigenvalue weighted by molar-refractivity contribution is -0.142. The van der Waals surface area contributed by atoms with Gasteiger partial charge in [0.15, 0.2) is 0 Å². The summed E-state index contributed by atoms with van der Waals surface area (Å²) in [6, 6.07) is 5.70. The van der Waals surface area contributed by atoms with E-state index >= 15 is 0 Å². The second-order valence-corrected chi connectivity index (χ2v) is 4.76. The first-order chi connectivity index (χ1) is 9.06. The van der Waals surface area contributed by atoms with Crippen molar-refractivity contribution in [3.8, 4) is 11.5 Å². The first-order valence-electron chi connectivity index (χ1n) is 5.44. The minimum atomic E-state index is -1.04. The van der Waals surface area contributed by atoms with Gasteiger partial charge in [0, 0.05) is 10.0 Å². The lowest BCUT2D eigenvalue weighted by Crippen LogP contribution is -2.06. The van der Waals surface area contributed by atoms with Crippen molar-refractivity contribution in [2.75, 3.05) is 6.61 Å². The number of aromatic nitrogens is 2. The summed E-state index contributed by atoms with van der Waals surface area (Å²) in [5.41, 5.74) is 1.83. The fraction of sp³-hybridized carbons (Fsp3) is 0.250. The zero-order chi connectivity index (χ0) is 13.8. The van der Waals surface area contributed by atoms with Gasteiger partial charge in [-0.3, -0.25) is 0 Å². The van der Waals surface area contributed by atoms with Crippen molar-refractivity contribution >= 4 is 21.9 Å². The summed E-state index contributed by atoms with van der Waals surface area (Å²) in [4.78, 5) is 10.3. The zero-order valence-electron chi connectivity index (χ0n) is 10.1. The summed E-state index contributed by atoms with van der Waals surface area (Å²) in [7, 11) is 0. The minimum absolute atomic E-state index is 0.0190. The van der Waals surface area contributed by atoms with Crippen molar-refractivity contribution in [1.82, 2.24) is 10.2 Å². The van der Waals surface area contributed by atoms with Crippen LogP contribution in [-0.2, 0) is 16.1 Å². The Morgan fingerprint density at radius 3 is 2.95 bits per heavy atom. The molecule has 1 heterocycles. The van der Waals surface area contributed by atoms with E-state index < -0.39 is 12.6 Å². The van der Waals surface area contributed by atoms with Crippen LogP contribution in [0.3, 0.4) is 0 Å². The van der Waals surface area contributed by atoms with Crippen LogP contribution in [0.2, 0.25) is 0 Å². The summed E-state index contributed by atoms with van der Waals surface area (Å²) in [5, 5.41) is 16.2. The van der Waals surface area contributed by atoms with Crippen LogP contribution in [0, 0.1) is 6.92 Å². The number of carboxylic acids is 1. The van der Waals surface area contributed by atoms with Crippen LogP contribution in [0.1, 0.15) is 11.5 Å². The average molecular weight is 327 g/mol. The van der Waals surface area contributed by atoms with Crippen molar-refractivity contribution in [2.45, 2.75) is 13.5 Å². The van der Waals surface area contributed by atoms with Crippen LogP contribution in [0.5, 0.6) is 0 Å². The molecule has 19 heavy (non-hydrogen) atoms. The van der Waals surface area contributed by atoms with Crippen molar-refractivity contribution in [1.29, 1.82) is 0 Å². The van der Waals surface area contributed by atoms with E-state index in [1.165, 1.54) is 0 Å². The highest BCUT2D eigenvalue weighted by Gasteiger charge is 2.11. The van der Waals surface area contributed by atoms with Gasteiger partial charge >= 0.3 is 5.97 Å². The maximum absolute atomic E-state index is 10.3. The highest BCUT2D eigenvalue weighted by atomic mass is 79.9. The predicted molar refractivity (Wildman–Crippen MR) is 69.5 cm³/mol. The van der Waals surface area contributed by atoms with Gasteiger partial charge in [0.2, 0.25) is 11.8 Å². The molecule has 0 bridgehead atoms. The molecule has 0 saturated carbocycles. The summed E-state index contributed by atoms with van der Waals surface area (Å²) in [6.07, 6.45) is 0. The van der Waals surface area contributed by atoms with Crippen LogP contribution in [0.25, 0.3) is 11.5 Å². The molecule has 1 aromatic heterocycles. The molecule has 1 aromatic carbocycles. The summed E-state index contributed by atoms with van der Waals surface area (Å²) >= 11 is 3.38. The topological polar surface area (TPSA) is 85.5 Å². The third-order valence-corrected chi connectivity index (χ3v) is 2.83. The van der Waals surface area contributed by atoms with Crippen molar-refractivity contribution in [2.24, 2.45) is 0 Å². The van der Waals surface area contributed by atoms with Crippen molar-refractivity contribution < 1.29 is 19.1 Å². The predicted octanol–water partition coefficient (Wildman–Crippen LogP) is 2.41. The van der Waals surface area contributed by atoms with E-state index in [0.717, 1.165) is 15.6 Å². The number of carbonyl (C=O) groups is 1. The van der Waals surface area contributed by atoms with E-state index in [0.29, 0.717) is 5.89 Å². The maximum atomic E-state index is 10.3. The van der Waals surface area contributed by atoms with Gasteiger partial charge in [-0.15, -0.1) is 10.2 Å².